The van der Waals surface area contributed by atoms with Crippen molar-refractivity contribution in [2.75, 3.05) is 0 Å². The monoisotopic (exact) mass is 358 g/mol. The molecule has 25 heavy (non-hydrogen) atoms. The van der Waals surface area contributed by atoms with Crippen molar-refractivity contribution < 1.29 is 12.8 Å². The van der Waals surface area contributed by atoms with Crippen molar-refractivity contribution in [3.63, 3.8) is 0 Å². The molecule has 2 aromatic heterocycles. The highest BCUT2D eigenvalue weighted by Gasteiger charge is 2.26. The van der Waals surface area contributed by atoms with Crippen LogP contribution >= 0.6 is 0 Å². The Kier molecular flexibility index (Phi) is 3.96. The van der Waals surface area contributed by atoms with Crippen molar-refractivity contribution in [2.24, 2.45) is 12.2 Å². The first-order valence-corrected chi connectivity index (χ1v) is 10.2. The fourth-order valence-electron chi connectivity index (χ4n) is 4.18. The van der Waals surface area contributed by atoms with Crippen LogP contribution in [0.2, 0.25) is 0 Å². The van der Waals surface area contributed by atoms with E-state index in [0.717, 1.165) is 22.2 Å². The minimum atomic E-state index is -3.73. The number of primary sulfonamides is 1. The van der Waals surface area contributed by atoms with E-state index in [1.807, 2.05) is 19.2 Å². The molecule has 1 saturated carbocycles. The summed E-state index contributed by atoms with van der Waals surface area (Å²) in [6.45, 7) is 0. The van der Waals surface area contributed by atoms with Crippen LogP contribution in [0.1, 0.15) is 43.6 Å². The van der Waals surface area contributed by atoms with Crippen LogP contribution < -0.4 is 5.14 Å². The molecular weight excluding hydrogens is 336 g/mol. The van der Waals surface area contributed by atoms with Gasteiger partial charge in [-0.2, -0.15) is 0 Å². The molecule has 4 rings (SSSR count). The molecule has 0 atom stereocenters. The number of benzene rings is 1. The van der Waals surface area contributed by atoms with Gasteiger partial charge in [-0.3, -0.25) is 0 Å². The van der Waals surface area contributed by atoms with Crippen molar-refractivity contribution in [3.8, 4) is 11.3 Å². The highest BCUT2D eigenvalue weighted by molar-refractivity contribution is 7.89. The van der Waals surface area contributed by atoms with Crippen molar-refractivity contribution in [3.05, 3.63) is 42.4 Å². The second kappa shape index (κ2) is 6.04. The molecule has 1 aliphatic rings. The Hall–Kier alpha value is -2.05. The second-order valence-corrected chi connectivity index (χ2v) is 8.45. The first kappa shape index (κ1) is 16.4. The van der Waals surface area contributed by atoms with Crippen LogP contribution in [0.4, 0.5) is 0 Å². The summed E-state index contributed by atoms with van der Waals surface area (Å²) in [5, 5.41) is 6.44. The van der Waals surface area contributed by atoms with E-state index in [-0.39, 0.29) is 4.90 Å². The molecular formula is C19H22N2O3S. The number of nitrogens with zero attached hydrogens (tertiary/aromatic N) is 1. The summed E-state index contributed by atoms with van der Waals surface area (Å²) in [5.41, 5.74) is 4.33. The van der Waals surface area contributed by atoms with Gasteiger partial charge in [0.1, 0.15) is 0 Å². The lowest BCUT2D eigenvalue weighted by Gasteiger charge is -2.23. The van der Waals surface area contributed by atoms with E-state index in [1.165, 1.54) is 37.7 Å². The van der Waals surface area contributed by atoms with Gasteiger partial charge in [0.15, 0.2) is 0 Å². The maximum absolute atomic E-state index is 11.8. The van der Waals surface area contributed by atoms with E-state index in [0.29, 0.717) is 5.92 Å². The van der Waals surface area contributed by atoms with E-state index < -0.39 is 10.0 Å². The van der Waals surface area contributed by atoms with Crippen LogP contribution in [0.5, 0.6) is 0 Å². The zero-order valence-corrected chi connectivity index (χ0v) is 15.1. The molecule has 132 valence electrons. The highest BCUT2D eigenvalue weighted by atomic mass is 32.2. The summed E-state index contributed by atoms with van der Waals surface area (Å²) in [7, 11) is -1.75. The molecule has 6 heteroatoms. The number of aryl methyl sites for hydroxylation is 1. The highest BCUT2D eigenvalue weighted by Crippen LogP contribution is 2.44. The van der Waals surface area contributed by atoms with E-state index in [2.05, 4.69) is 4.57 Å². The van der Waals surface area contributed by atoms with Crippen molar-refractivity contribution in [1.82, 2.24) is 4.57 Å². The third-order valence-electron chi connectivity index (χ3n) is 5.35. The average Bonchev–Trinajstić information content (AvgIpc) is 3.21. The summed E-state index contributed by atoms with van der Waals surface area (Å²) < 4.78 is 30.9. The standard InChI is InChI=1S/C19H22N2O3S/c1-21-17-11-15(25(20,22)23)7-8-16(17)18(13-5-3-2-4-6-13)19(21)14-9-10-24-12-14/h7-13H,2-6H2,1H3,(H2,20,22,23). The van der Waals surface area contributed by atoms with Gasteiger partial charge in [-0.15, -0.1) is 0 Å². The van der Waals surface area contributed by atoms with Gasteiger partial charge < -0.3 is 8.98 Å². The van der Waals surface area contributed by atoms with Crippen LogP contribution in [0.3, 0.4) is 0 Å². The van der Waals surface area contributed by atoms with Gasteiger partial charge >= 0.3 is 0 Å². The molecule has 0 saturated heterocycles. The molecule has 0 unspecified atom stereocenters. The van der Waals surface area contributed by atoms with Gasteiger partial charge in [0.05, 0.1) is 23.1 Å². The number of hydrogen-bond donors (Lipinski definition) is 1. The number of furan rings is 1. The first-order chi connectivity index (χ1) is 12.0. The van der Waals surface area contributed by atoms with Crippen LogP contribution in [0, 0.1) is 0 Å². The third-order valence-corrected chi connectivity index (χ3v) is 6.26. The Bertz CT molecular complexity index is 1010. The average molecular weight is 358 g/mol. The molecule has 2 N–H and O–H groups in total. The summed E-state index contributed by atoms with van der Waals surface area (Å²) in [6, 6.07) is 7.16. The van der Waals surface area contributed by atoms with Gasteiger partial charge in [0, 0.05) is 23.5 Å². The summed E-state index contributed by atoms with van der Waals surface area (Å²) in [6.07, 6.45) is 9.52. The van der Waals surface area contributed by atoms with E-state index >= 15 is 0 Å². The molecule has 0 aliphatic heterocycles. The van der Waals surface area contributed by atoms with Gasteiger partial charge in [-0.25, -0.2) is 13.6 Å². The first-order valence-electron chi connectivity index (χ1n) is 8.64. The number of nitrogens with two attached hydrogens (primary N) is 1. The maximum Gasteiger partial charge on any atom is 0.238 e. The van der Waals surface area contributed by atoms with Crippen molar-refractivity contribution >= 4 is 20.9 Å². The van der Waals surface area contributed by atoms with Gasteiger partial charge in [-0.1, -0.05) is 25.3 Å². The van der Waals surface area contributed by atoms with Gasteiger partial charge in [0.2, 0.25) is 10.0 Å². The molecule has 2 heterocycles. The fraction of sp³-hybridized carbons (Fsp3) is 0.368. The Morgan fingerprint density at radius 1 is 1.16 bits per heavy atom. The lowest BCUT2D eigenvalue weighted by molar-refractivity contribution is 0.446. The van der Waals surface area contributed by atoms with E-state index in [4.69, 9.17) is 9.56 Å². The molecule has 0 radical (unpaired) electrons. The fourth-order valence-corrected chi connectivity index (χ4v) is 4.71. The number of sulfonamides is 1. The van der Waals surface area contributed by atoms with E-state index in [1.54, 1.807) is 24.7 Å². The maximum atomic E-state index is 11.8. The van der Waals surface area contributed by atoms with Crippen LogP contribution in [-0.2, 0) is 17.1 Å². The molecule has 0 bridgehead atoms. The Balaban J connectivity index is 2.01. The Morgan fingerprint density at radius 2 is 1.92 bits per heavy atom. The molecule has 0 amide bonds. The smallest absolute Gasteiger partial charge is 0.238 e. The number of hydrogen-bond acceptors (Lipinski definition) is 3. The predicted octanol–water partition coefficient (Wildman–Crippen LogP) is 4.13. The van der Waals surface area contributed by atoms with Gasteiger partial charge in [0.25, 0.3) is 0 Å². The number of fused-ring (bicyclic) bond motifs is 1. The van der Waals surface area contributed by atoms with Crippen molar-refractivity contribution in [2.45, 2.75) is 42.9 Å². The third kappa shape index (κ3) is 2.79. The number of aromatic nitrogens is 1. The lowest BCUT2D eigenvalue weighted by Crippen LogP contribution is -2.12. The molecule has 0 spiro atoms. The summed E-state index contributed by atoms with van der Waals surface area (Å²) in [4.78, 5) is 0.148. The van der Waals surface area contributed by atoms with Crippen LogP contribution in [-0.4, -0.2) is 13.0 Å². The largest absolute Gasteiger partial charge is 0.472 e. The minimum Gasteiger partial charge on any atom is -0.472 e. The molecule has 3 aromatic rings. The van der Waals surface area contributed by atoms with Crippen LogP contribution in [0.15, 0.2) is 46.1 Å². The molecule has 1 aromatic carbocycles. The summed E-state index contributed by atoms with van der Waals surface area (Å²) >= 11 is 0. The van der Waals surface area contributed by atoms with Crippen LogP contribution in [0.25, 0.3) is 22.2 Å². The van der Waals surface area contributed by atoms with Gasteiger partial charge in [-0.05, 0) is 42.5 Å². The topological polar surface area (TPSA) is 78.2 Å². The minimum absolute atomic E-state index is 0.148. The number of rotatable bonds is 3. The Morgan fingerprint density at radius 3 is 2.56 bits per heavy atom. The predicted molar refractivity (Wildman–Crippen MR) is 97.8 cm³/mol. The zero-order valence-electron chi connectivity index (χ0n) is 14.2. The Labute approximate surface area is 147 Å². The lowest BCUT2D eigenvalue weighted by atomic mass is 9.82. The normalized spacial score (nSPS) is 16.6. The zero-order chi connectivity index (χ0) is 17.6. The summed E-state index contributed by atoms with van der Waals surface area (Å²) in [5.74, 6) is 0.489. The molecule has 1 fully saturated rings. The van der Waals surface area contributed by atoms with Crippen molar-refractivity contribution in [1.29, 1.82) is 0 Å². The quantitative estimate of drug-likeness (QED) is 0.764. The van der Waals surface area contributed by atoms with E-state index in [9.17, 15) is 8.42 Å². The molecule has 5 nitrogen and oxygen atoms in total. The molecule has 1 aliphatic carbocycles. The SMILES string of the molecule is Cn1c(-c2ccoc2)c(C2CCCCC2)c2ccc(S(N)(=O)=O)cc21. The second-order valence-electron chi connectivity index (χ2n) is 6.89.